The fourth-order valence-corrected chi connectivity index (χ4v) is 3.27. The summed E-state index contributed by atoms with van der Waals surface area (Å²) >= 11 is 0. The Morgan fingerprint density at radius 1 is 1.18 bits per heavy atom. The Morgan fingerprint density at radius 3 is 2.61 bits per heavy atom. The molecule has 0 aliphatic carbocycles. The topological polar surface area (TPSA) is 47.4 Å². The van der Waals surface area contributed by atoms with Crippen molar-refractivity contribution in [2.45, 2.75) is 19.1 Å². The predicted octanol–water partition coefficient (Wildman–Crippen LogP) is 3.96. The predicted molar refractivity (Wildman–Crippen MR) is 97.9 cm³/mol. The molecule has 1 aliphatic rings. The van der Waals surface area contributed by atoms with Gasteiger partial charge in [0.1, 0.15) is 12.3 Å². The van der Waals surface area contributed by atoms with Crippen LogP contribution in [0.4, 0.5) is 13.2 Å². The number of aromatic nitrogens is 2. The van der Waals surface area contributed by atoms with Crippen LogP contribution in [0, 0.1) is 0 Å². The largest absolute Gasteiger partial charge is 0.496 e. The molecule has 0 N–H and O–H groups in total. The van der Waals surface area contributed by atoms with Gasteiger partial charge in [-0.05, 0) is 36.2 Å². The Kier molecular flexibility index (Phi) is 4.49. The minimum absolute atomic E-state index is 0.0547. The van der Waals surface area contributed by atoms with Crippen molar-refractivity contribution in [2.24, 2.45) is 0 Å². The highest BCUT2D eigenvalue weighted by atomic mass is 19.4. The summed E-state index contributed by atoms with van der Waals surface area (Å²) in [5.41, 5.74) is 1.93. The number of imidazole rings is 1. The van der Waals surface area contributed by atoms with Gasteiger partial charge in [0.15, 0.2) is 0 Å². The minimum Gasteiger partial charge on any atom is -0.496 e. The minimum atomic E-state index is -4.43. The van der Waals surface area contributed by atoms with E-state index in [1.807, 2.05) is 6.07 Å². The number of ether oxygens (including phenoxy) is 1. The summed E-state index contributed by atoms with van der Waals surface area (Å²) in [4.78, 5) is 18.3. The number of alkyl halides is 3. The molecule has 0 spiro atoms. The number of hydrogen-bond donors (Lipinski definition) is 0. The summed E-state index contributed by atoms with van der Waals surface area (Å²) in [5, 5.41) is 0. The van der Waals surface area contributed by atoms with E-state index in [1.165, 1.54) is 13.2 Å². The summed E-state index contributed by atoms with van der Waals surface area (Å²) in [7, 11) is 1.34. The van der Waals surface area contributed by atoms with Gasteiger partial charge >= 0.3 is 6.18 Å². The number of amides is 1. The lowest BCUT2D eigenvalue weighted by Crippen LogP contribution is -2.43. The first-order valence-corrected chi connectivity index (χ1v) is 8.85. The number of likely N-dealkylation sites (tertiary alicyclic amines) is 1. The van der Waals surface area contributed by atoms with Crippen molar-refractivity contribution in [1.29, 1.82) is 0 Å². The number of carbonyl (C=O) groups is 1. The van der Waals surface area contributed by atoms with E-state index in [9.17, 15) is 18.0 Å². The first-order chi connectivity index (χ1) is 13.4. The molecule has 0 unspecified atom stereocenters. The van der Waals surface area contributed by atoms with Gasteiger partial charge in [0.2, 0.25) is 5.91 Å². The van der Waals surface area contributed by atoms with Crippen molar-refractivity contribution in [3.05, 3.63) is 48.3 Å². The van der Waals surface area contributed by atoms with Gasteiger partial charge in [-0.15, -0.1) is 0 Å². The molecular weight excluding hydrogens is 371 g/mol. The van der Waals surface area contributed by atoms with Gasteiger partial charge < -0.3 is 14.2 Å². The zero-order chi connectivity index (χ0) is 19.9. The average molecular weight is 389 g/mol. The smallest absolute Gasteiger partial charge is 0.416 e. The van der Waals surface area contributed by atoms with Crippen LogP contribution in [-0.2, 0) is 17.5 Å². The van der Waals surface area contributed by atoms with E-state index in [1.54, 1.807) is 27.9 Å². The van der Waals surface area contributed by atoms with Crippen LogP contribution in [-0.4, -0.2) is 40.6 Å². The summed E-state index contributed by atoms with van der Waals surface area (Å²) < 4.78 is 45.8. The van der Waals surface area contributed by atoms with Gasteiger partial charge in [-0.1, -0.05) is 12.1 Å². The first-order valence-electron chi connectivity index (χ1n) is 8.85. The third-order valence-electron chi connectivity index (χ3n) is 4.98. The molecule has 1 aromatic heterocycles. The molecule has 0 bridgehead atoms. The zero-order valence-electron chi connectivity index (χ0n) is 15.2. The number of benzene rings is 2. The molecule has 28 heavy (non-hydrogen) atoms. The molecule has 0 radical (unpaired) electrons. The molecule has 8 heteroatoms. The molecule has 2 aromatic carbocycles. The normalized spacial score (nSPS) is 14.2. The lowest BCUT2D eigenvalue weighted by atomic mass is 10.0. The summed E-state index contributed by atoms with van der Waals surface area (Å²) in [6.07, 6.45) is -1.79. The van der Waals surface area contributed by atoms with Crippen molar-refractivity contribution in [2.75, 3.05) is 20.2 Å². The van der Waals surface area contributed by atoms with Gasteiger partial charge in [-0.2, -0.15) is 13.2 Å². The van der Waals surface area contributed by atoms with Crippen LogP contribution in [0.1, 0.15) is 12.0 Å². The van der Waals surface area contributed by atoms with Crippen molar-refractivity contribution in [3.8, 4) is 16.9 Å². The molecule has 1 saturated heterocycles. The van der Waals surface area contributed by atoms with E-state index >= 15 is 0 Å². The van der Waals surface area contributed by atoms with Crippen LogP contribution in [0.5, 0.6) is 5.75 Å². The summed E-state index contributed by atoms with van der Waals surface area (Å²) in [6, 6.07) is 8.81. The number of nitrogens with zero attached hydrogens (tertiary/aromatic N) is 3. The molecule has 146 valence electrons. The van der Waals surface area contributed by atoms with Gasteiger partial charge in [0.25, 0.3) is 0 Å². The SMILES string of the molecule is COc1cc(C(F)(F)F)ccc1-c1ccc2c(c1)ncn2CC(=O)N1CCC1. The highest BCUT2D eigenvalue weighted by Gasteiger charge is 2.31. The second kappa shape index (κ2) is 6.85. The van der Waals surface area contributed by atoms with Crippen molar-refractivity contribution in [1.82, 2.24) is 14.5 Å². The van der Waals surface area contributed by atoms with Crippen LogP contribution in [0.25, 0.3) is 22.2 Å². The Labute approximate surface area is 159 Å². The molecule has 2 heterocycles. The third kappa shape index (κ3) is 3.30. The average Bonchev–Trinajstić information content (AvgIpc) is 3.01. The highest BCUT2D eigenvalue weighted by molar-refractivity contribution is 5.85. The monoisotopic (exact) mass is 389 g/mol. The molecule has 3 aromatic rings. The standard InChI is InChI=1S/C20H18F3N3O2/c1-28-18-10-14(20(21,22)23)4-5-15(18)13-3-6-17-16(9-13)24-12-26(17)11-19(27)25-7-2-8-25/h3-6,9-10,12H,2,7-8,11H2,1H3. The Bertz CT molecular complexity index is 1040. The van der Waals surface area contributed by atoms with Crippen LogP contribution < -0.4 is 4.74 Å². The van der Waals surface area contributed by atoms with Gasteiger partial charge in [-0.25, -0.2) is 4.98 Å². The van der Waals surface area contributed by atoms with E-state index in [0.29, 0.717) is 16.6 Å². The van der Waals surface area contributed by atoms with Crippen molar-refractivity contribution in [3.63, 3.8) is 0 Å². The van der Waals surface area contributed by atoms with E-state index < -0.39 is 11.7 Å². The first kappa shape index (κ1) is 18.3. The molecule has 1 aliphatic heterocycles. The molecular formula is C20H18F3N3O2. The van der Waals surface area contributed by atoms with Gasteiger partial charge in [-0.3, -0.25) is 4.79 Å². The number of carbonyl (C=O) groups excluding carboxylic acids is 1. The number of halogens is 3. The van der Waals surface area contributed by atoms with Crippen LogP contribution >= 0.6 is 0 Å². The third-order valence-corrected chi connectivity index (χ3v) is 4.98. The number of methoxy groups -OCH3 is 1. The van der Waals surface area contributed by atoms with Crippen LogP contribution in [0.3, 0.4) is 0 Å². The fourth-order valence-electron chi connectivity index (χ4n) is 3.27. The maximum atomic E-state index is 12.9. The van der Waals surface area contributed by atoms with Crippen LogP contribution in [0.15, 0.2) is 42.7 Å². The molecule has 4 rings (SSSR count). The number of fused-ring (bicyclic) bond motifs is 1. The van der Waals surface area contributed by atoms with E-state index in [2.05, 4.69) is 4.98 Å². The highest BCUT2D eigenvalue weighted by Crippen LogP contribution is 2.37. The summed E-state index contributed by atoms with van der Waals surface area (Å²) in [5.74, 6) is 0.195. The number of rotatable bonds is 4. The van der Waals surface area contributed by atoms with Gasteiger partial charge in [0, 0.05) is 18.7 Å². The number of hydrogen-bond acceptors (Lipinski definition) is 3. The lowest BCUT2D eigenvalue weighted by molar-refractivity contribution is -0.137. The Hall–Kier alpha value is -3.03. The second-order valence-corrected chi connectivity index (χ2v) is 6.72. The molecule has 0 atom stereocenters. The zero-order valence-corrected chi connectivity index (χ0v) is 15.2. The van der Waals surface area contributed by atoms with E-state index in [4.69, 9.17) is 4.74 Å². The molecule has 0 saturated carbocycles. The lowest BCUT2D eigenvalue weighted by Gasteiger charge is -2.31. The molecule has 1 amide bonds. The molecule has 1 fully saturated rings. The quantitative estimate of drug-likeness (QED) is 0.679. The van der Waals surface area contributed by atoms with E-state index in [-0.39, 0.29) is 18.2 Å². The van der Waals surface area contributed by atoms with E-state index in [0.717, 1.165) is 37.2 Å². The summed E-state index contributed by atoms with van der Waals surface area (Å²) in [6.45, 7) is 1.81. The van der Waals surface area contributed by atoms with Gasteiger partial charge in [0.05, 0.1) is 30.0 Å². The second-order valence-electron chi connectivity index (χ2n) is 6.72. The Balaban J connectivity index is 1.66. The van der Waals surface area contributed by atoms with Crippen LogP contribution in [0.2, 0.25) is 0 Å². The maximum absolute atomic E-state index is 12.9. The fraction of sp³-hybridized carbons (Fsp3) is 0.300. The maximum Gasteiger partial charge on any atom is 0.416 e. The Morgan fingerprint density at radius 2 is 1.96 bits per heavy atom. The van der Waals surface area contributed by atoms with Crippen molar-refractivity contribution < 1.29 is 22.7 Å². The molecule has 5 nitrogen and oxygen atoms in total. The van der Waals surface area contributed by atoms with Crippen molar-refractivity contribution >= 4 is 16.9 Å².